The number of hydrogen-bond acceptors (Lipinski definition) is 1. The van der Waals surface area contributed by atoms with Crippen LogP contribution in [-0.2, 0) is 0 Å². The average Bonchev–Trinajstić information content (AvgIpc) is 3.04. The van der Waals surface area contributed by atoms with Crippen molar-refractivity contribution in [3.63, 3.8) is 0 Å². The van der Waals surface area contributed by atoms with Crippen LogP contribution in [-0.4, -0.2) is 22.5 Å². The van der Waals surface area contributed by atoms with Crippen molar-refractivity contribution in [3.05, 3.63) is 68.7 Å². The fourth-order valence-corrected chi connectivity index (χ4v) is 6.03. The van der Waals surface area contributed by atoms with E-state index in [0.717, 1.165) is 53.4 Å². The molecule has 1 atom stereocenters. The quantitative estimate of drug-likeness (QED) is 0.404. The summed E-state index contributed by atoms with van der Waals surface area (Å²) < 4.78 is 0. The second-order valence-corrected chi connectivity index (χ2v) is 12.3. The molecule has 1 spiro atoms. The van der Waals surface area contributed by atoms with Gasteiger partial charge in [-0.3, -0.25) is 9.89 Å². The first-order valence-electron chi connectivity index (χ1n) is 12.2. The second-order valence-electron chi connectivity index (χ2n) is 10.7. The summed E-state index contributed by atoms with van der Waals surface area (Å²) >= 11 is 25.0. The van der Waals surface area contributed by atoms with Crippen LogP contribution in [0.15, 0.2) is 42.5 Å². The molecule has 0 aromatic heterocycles. The Morgan fingerprint density at radius 1 is 1.03 bits per heavy atom. The topological polar surface area (TPSA) is 29.2 Å². The summed E-state index contributed by atoms with van der Waals surface area (Å²) in [7, 11) is 0. The van der Waals surface area contributed by atoms with Crippen LogP contribution in [0.4, 0.5) is 5.69 Å². The molecular formula is C28H33Cl3N3S+. The van der Waals surface area contributed by atoms with Crippen LogP contribution < -0.4 is 15.2 Å². The van der Waals surface area contributed by atoms with Gasteiger partial charge in [0.1, 0.15) is 11.6 Å². The van der Waals surface area contributed by atoms with Gasteiger partial charge in [0.05, 0.1) is 0 Å². The van der Waals surface area contributed by atoms with Gasteiger partial charge in [0, 0.05) is 26.2 Å². The van der Waals surface area contributed by atoms with E-state index in [0.29, 0.717) is 15.2 Å². The van der Waals surface area contributed by atoms with Gasteiger partial charge in [-0.1, -0.05) is 93.0 Å². The van der Waals surface area contributed by atoms with Crippen LogP contribution in [0.2, 0.25) is 15.1 Å². The molecule has 0 radical (unpaired) electrons. The minimum Gasteiger partial charge on any atom is -0.282 e. The molecule has 35 heavy (non-hydrogen) atoms. The SMILES string of the molecule is Cc1ccc(N2C(=S)NC(=[NH+][C@H](/C=C/c3ccc(Cl)cc3Cl)C(C)(C)C)C23CCCCC3)cc1Cl. The number of thiocarbonyl (C=S) groups is 1. The fourth-order valence-electron chi connectivity index (χ4n) is 5.00. The van der Waals surface area contributed by atoms with Crippen LogP contribution in [0.3, 0.4) is 0 Å². The predicted molar refractivity (Wildman–Crippen MR) is 155 cm³/mol. The van der Waals surface area contributed by atoms with Crippen molar-refractivity contribution in [1.82, 2.24) is 5.32 Å². The minimum absolute atomic E-state index is 0.0416. The summed E-state index contributed by atoms with van der Waals surface area (Å²) in [5.74, 6) is 1.07. The predicted octanol–water partition coefficient (Wildman–Crippen LogP) is 6.96. The molecule has 1 saturated carbocycles. The Morgan fingerprint density at radius 3 is 2.37 bits per heavy atom. The lowest BCUT2D eigenvalue weighted by Crippen LogP contribution is -2.87. The lowest BCUT2D eigenvalue weighted by atomic mass is 9.79. The van der Waals surface area contributed by atoms with Crippen molar-refractivity contribution >= 4 is 69.7 Å². The number of benzene rings is 2. The van der Waals surface area contributed by atoms with E-state index < -0.39 is 0 Å². The molecule has 2 aromatic rings. The summed E-state index contributed by atoms with van der Waals surface area (Å²) in [4.78, 5) is 6.15. The molecule has 2 N–H and O–H groups in total. The van der Waals surface area contributed by atoms with Gasteiger partial charge in [-0.25, -0.2) is 5.32 Å². The first-order valence-corrected chi connectivity index (χ1v) is 13.7. The number of nitrogens with zero attached hydrogens (tertiary/aromatic N) is 1. The third-order valence-corrected chi connectivity index (χ3v) is 8.34. The molecular weight excluding hydrogens is 517 g/mol. The molecule has 1 saturated heterocycles. The monoisotopic (exact) mass is 548 g/mol. The van der Waals surface area contributed by atoms with Gasteiger partial charge in [-0.05, 0) is 73.5 Å². The van der Waals surface area contributed by atoms with Gasteiger partial charge in [0.2, 0.25) is 0 Å². The number of nitrogens with one attached hydrogen (secondary N) is 2. The third kappa shape index (κ3) is 5.56. The zero-order chi connectivity index (χ0) is 25.4. The van der Waals surface area contributed by atoms with Crippen LogP contribution in [0.25, 0.3) is 6.08 Å². The Hall–Kier alpha value is -1.59. The molecule has 1 aliphatic carbocycles. The number of hydrogen-bond donors (Lipinski definition) is 2. The molecule has 7 heteroatoms. The van der Waals surface area contributed by atoms with E-state index in [9.17, 15) is 0 Å². The Kier molecular flexibility index (Phi) is 7.88. The number of aryl methyl sites for hydroxylation is 1. The first kappa shape index (κ1) is 26.5. The van der Waals surface area contributed by atoms with Gasteiger partial charge in [0.25, 0.3) is 10.9 Å². The number of rotatable bonds is 4. The zero-order valence-corrected chi connectivity index (χ0v) is 23.8. The summed E-state index contributed by atoms with van der Waals surface area (Å²) in [5.41, 5.74) is 2.75. The lowest BCUT2D eigenvalue weighted by molar-refractivity contribution is -0.511. The maximum absolute atomic E-state index is 6.53. The normalized spacial score (nSPS) is 20.1. The smallest absolute Gasteiger partial charge is 0.276 e. The van der Waals surface area contributed by atoms with Crippen molar-refractivity contribution in [1.29, 1.82) is 0 Å². The summed E-state index contributed by atoms with van der Waals surface area (Å²) in [6.07, 6.45) is 9.86. The van der Waals surface area contributed by atoms with Crippen LogP contribution in [0.5, 0.6) is 0 Å². The highest BCUT2D eigenvalue weighted by atomic mass is 35.5. The van der Waals surface area contributed by atoms with Gasteiger partial charge >= 0.3 is 0 Å². The van der Waals surface area contributed by atoms with Crippen molar-refractivity contribution in [2.24, 2.45) is 5.41 Å². The van der Waals surface area contributed by atoms with Crippen molar-refractivity contribution < 1.29 is 4.99 Å². The number of amidine groups is 1. The summed E-state index contributed by atoms with van der Waals surface area (Å²) in [6.45, 7) is 8.72. The van der Waals surface area contributed by atoms with Gasteiger partial charge < -0.3 is 0 Å². The van der Waals surface area contributed by atoms with Crippen LogP contribution >= 0.6 is 47.0 Å². The Balaban J connectivity index is 1.76. The van der Waals surface area contributed by atoms with E-state index in [1.54, 1.807) is 6.07 Å². The molecule has 0 unspecified atom stereocenters. The lowest BCUT2D eigenvalue weighted by Gasteiger charge is -2.38. The molecule has 3 nitrogen and oxygen atoms in total. The Morgan fingerprint density at radius 2 is 1.74 bits per heavy atom. The maximum atomic E-state index is 6.53. The molecule has 1 heterocycles. The molecule has 0 amide bonds. The van der Waals surface area contributed by atoms with E-state index >= 15 is 0 Å². The molecule has 0 bridgehead atoms. The highest BCUT2D eigenvalue weighted by Crippen LogP contribution is 2.40. The van der Waals surface area contributed by atoms with E-state index in [1.807, 2.05) is 25.1 Å². The van der Waals surface area contributed by atoms with Gasteiger partial charge in [-0.15, -0.1) is 0 Å². The highest BCUT2D eigenvalue weighted by Gasteiger charge is 2.55. The van der Waals surface area contributed by atoms with Gasteiger partial charge in [0.15, 0.2) is 0 Å². The molecule has 2 aliphatic rings. The van der Waals surface area contributed by atoms with E-state index in [4.69, 9.17) is 47.0 Å². The minimum atomic E-state index is -0.233. The summed E-state index contributed by atoms with van der Waals surface area (Å²) in [5, 5.41) is 6.30. The maximum Gasteiger partial charge on any atom is 0.276 e. The summed E-state index contributed by atoms with van der Waals surface area (Å²) in [6, 6.07) is 11.8. The van der Waals surface area contributed by atoms with Crippen molar-refractivity contribution in [3.8, 4) is 0 Å². The Labute approximate surface area is 229 Å². The third-order valence-electron chi connectivity index (χ3n) is 7.09. The van der Waals surface area contributed by atoms with E-state index in [1.165, 1.54) is 6.42 Å². The fraction of sp³-hybridized carbons (Fsp3) is 0.429. The highest BCUT2D eigenvalue weighted by molar-refractivity contribution is 7.80. The van der Waals surface area contributed by atoms with Crippen LogP contribution in [0.1, 0.15) is 64.0 Å². The van der Waals surface area contributed by atoms with E-state index in [2.05, 4.69) is 60.3 Å². The average molecular weight is 550 g/mol. The van der Waals surface area contributed by atoms with E-state index in [-0.39, 0.29) is 17.0 Å². The van der Waals surface area contributed by atoms with Crippen LogP contribution in [0, 0.1) is 12.3 Å². The molecule has 4 rings (SSSR count). The van der Waals surface area contributed by atoms with Crippen molar-refractivity contribution in [2.75, 3.05) is 4.90 Å². The van der Waals surface area contributed by atoms with Crippen molar-refractivity contribution in [2.45, 2.75) is 71.4 Å². The second kappa shape index (κ2) is 10.4. The Bertz CT molecular complexity index is 1180. The number of halogens is 3. The molecule has 2 fully saturated rings. The zero-order valence-electron chi connectivity index (χ0n) is 20.7. The molecule has 186 valence electrons. The molecule has 2 aromatic carbocycles. The van der Waals surface area contributed by atoms with Gasteiger partial charge in [-0.2, -0.15) is 0 Å². The first-order chi connectivity index (χ1) is 16.5. The molecule has 1 aliphatic heterocycles. The number of anilines is 1. The standard InChI is InChI=1S/C28H32Cl3N3S/c1-18-8-12-21(17-22(18)30)34-26(35)33-25(28(34)14-6-5-7-15-28)32-24(27(2,3)4)13-10-19-9-11-20(29)16-23(19)31/h8-13,16-17,24H,5-7,14-15H2,1-4H3,(H,32,33,35)/p+1/b13-10+/t24-/m1/s1. The largest absolute Gasteiger partial charge is 0.282 e.